The molecule has 0 fully saturated rings. The number of aromatic nitrogens is 1. The average Bonchev–Trinajstić information content (AvgIpc) is 2.29. The van der Waals surface area contributed by atoms with Gasteiger partial charge in [-0.2, -0.15) is 0 Å². The topological polar surface area (TPSA) is 12.9 Å². The molecule has 0 atom stereocenters. The van der Waals surface area contributed by atoms with Gasteiger partial charge in [0.25, 0.3) is 0 Å². The van der Waals surface area contributed by atoms with E-state index in [1.54, 1.807) is 0 Å². The second kappa shape index (κ2) is 4.70. The van der Waals surface area contributed by atoms with Crippen molar-refractivity contribution in [1.29, 1.82) is 0 Å². The van der Waals surface area contributed by atoms with Gasteiger partial charge in [-0.15, -0.1) is 0 Å². The van der Waals surface area contributed by atoms with Gasteiger partial charge >= 0.3 is 0 Å². The highest BCUT2D eigenvalue weighted by Crippen LogP contribution is 2.28. The van der Waals surface area contributed by atoms with E-state index < -0.39 is 0 Å². The van der Waals surface area contributed by atoms with Crippen LogP contribution >= 0.6 is 0 Å². The molecule has 1 aromatic carbocycles. The van der Waals surface area contributed by atoms with Gasteiger partial charge in [-0.1, -0.05) is 51.1 Å². The fraction of sp³-hybridized carbons (Fsp3) is 0.312. The molecule has 2 rings (SSSR count). The summed E-state index contributed by atoms with van der Waals surface area (Å²) in [5.74, 6) is 0. The van der Waals surface area contributed by atoms with Gasteiger partial charge in [-0.25, -0.2) is 0 Å². The number of hydrogen-bond donors (Lipinski definition) is 0. The lowest BCUT2D eigenvalue weighted by Gasteiger charge is -2.20. The monoisotopic (exact) mass is 225 g/mol. The summed E-state index contributed by atoms with van der Waals surface area (Å²) in [6, 6.07) is 14.6. The third-order valence-electron chi connectivity index (χ3n) is 2.68. The summed E-state index contributed by atoms with van der Waals surface area (Å²) in [5, 5.41) is 0. The predicted molar refractivity (Wildman–Crippen MR) is 72.8 cm³/mol. The van der Waals surface area contributed by atoms with Crippen LogP contribution in [0.1, 0.15) is 26.3 Å². The largest absolute Gasteiger partial charge is 0.256 e. The Morgan fingerprint density at radius 3 is 2.29 bits per heavy atom. The molecule has 0 saturated heterocycles. The molecule has 0 amide bonds. The second-order valence-electron chi connectivity index (χ2n) is 5.61. The number of hydrogen-bond acceptors (Lipinski definition) is 1. The van der Waals surface area contributed by atoms with Crippen LogP contribution in [0.3, 0.4) is 0 Å². The van der Waals surface area contributed by atoms with Crippen LogP contribution in [-0.2, 0) is 6.42 Å². The van der Waals surface area contributed by atoms with Gasteiger partial charge in [-0.05, 0) is 29.5 Å². The molecule has 0 N–H and O–H groups in total. The highest BCUT2D eigenvalue weighted by Gasteiger charge is 2.14. The molecular formula is C16H19N. The summed E-state index contributed by atoms with van der Waals surface area (Å²) in [5.41, 5.74) is 3.99. The van der Waals surface area contributed by atoms with Crippen LogP contribution in [0.4, 0.5) is 0 Å². The van der Waals surface area contributed by atoms with Crippen LogP contribution in [-0.4, -0.2) is 4.98 Å². The van der Waals surface area contributed by atoms with Crippen molar-refractivity contribution in [1.82, 2.24) is 4.98 Å². The maximum atomic E-state index is 4.44. The van der Waals surface area contributed by atoms with E-state index in [9.17, 15) is 0 Å². The lowest BCUT2D eigenvalue weighted by atomic mass is 9.85. The zero-order valence-corrected chi connectivity index (χ0v) is 10.8. The van der Waals surface area contributed by atoms with Gasteiger partial charge in [0.2, 0.25) is 0 Å². The maximum Gasteiger partial charge on any atom is 0.0704 e. The molecule has 1 heterocycles. The molecule has 0 aliphatic heterocycles. The van der Waals surface area contributed by atoms with Crippen molar-refractivity contribution in [2.75, 3.05) is 0 Å². The Morgan fingerprint density at radius 2 is 1.65 bits per heavy atom. The van der Waals surface area contributed by atoms with E-state index in [2.05, 4.69) is 56.1 Å². The molecule has 0 bridgehead atoms. The van der Waals surface area contributed by atoms with E-state index in [-0.39, 0.29) is 0 Å². The van der Waals surface area contributed by atoms with Crippen molar-refractivity contribution >= 4 is 0 Å². The Balaban J connectivity index is 2.41. The van der Waals surface area contributed by atoms with Crippen LogP contribution in [0.5, 0.6) is 0 Å². The van der Waals surface area contributed by atoms with Crippen molar-refractivity contribution in [3.05, 3.63) is 54.2 Å². The molecule has 2 aromatic rings. The zero-order valence-electron chi connectivity index (χ0n) is 10.8. The standard InChI is InChI=1S/C16H19N/c1-16(2,3)12-13-8-4-5-9-14(13)15-10-6-7-11-17-15/h4-11H,12H2,1-3H3. The minimum Gasteiger partial charge on any atom is -0.256 e. The van der Waals surface area contributed by atoms with E-state index in [4.69, 9.17) is 0 Å². The van der Waals surface area contributed by atoms with Gasteiger partial charge < -0.3 is 0 Å². The van der Waals surface area contributed by atoms with Crippen molar-refractivity contribution in [3.63, 3.8) is 0 Å². The Bertz CT molecular complexity index is 480. The first-order valence-corrected chi connectivity index (χ1v) is 6.05. The van der Waals surface area contributed by atoms with Crippen LogP contribution in [0.2, 0.25) is 0 Å². The first-order chi connectivity index (χ1) is 8.06. The van der Waals surface area contributed by atoms with Crippen LogP contribution in [0.15, 0.2) is 48.7 Å². The van der Waals surface area contributed by atoms with Gasteiger partial charge in [0.1, 0.15) is 0 Å². The normalized spacial score (nSPS) is 11.5. The van der Waals surface area contributed by atoms with Gasteiger partial charge in [0.15, 0.2) is 0 Å². The Hall–Kier alpha value is -1.63. The summed E-state index contributed by atoms with van der Waals surface area (Å²) in [6.45, 7) is 6.80. The lowest BCUT2D eigenvalue weighted by Crippen LogP contribution is -2.10. The summed E-state index contributed by atoms with van der Waals surface area (Å²) in [7, 11) is 0. The minimum atomic E-state index is 0.297. The van der Waals surface area contributed by atoms with Gasteiger partial charge in [0.05, 0.1) is 5.69 Å². The van der Waals surface area contributed by atoms with Gasteiger partial charge in [0, 0.05) is 11.8 Å². The SMILES string of the molecule is CC(C)(C)Cc1ccccc1-c1ccccn1. The molecule has 0 saturated carbocycles. The quantitative estimate of drug-likeness (QED) is 0.741. The first kappa shape index (κ1) is 11.8. The van der Waals surface area contributed by atoms with Crippen LogP contribution in [0.25, 0.3) is 11.3 Å². The van der Waals surface area contributed by atoms with Crippen molar-refractivity contribution in [2.24, 2.45) is 5.41 Å². The average molecular weight is 225 g/mol. The fourth-order valence-electron chi connectivity index (χ4n) is 2.02. The molecule has 0 unspecified atom stereocenters. The lowest BCUT2D eigenvalue weighted by molar-refractivity contribution is 0.411. The smallest absolute Gasteiger partial charge is 0.0704 e. The minimum absolute atomic E-state index is 0.297. The Labute approximate surface area is 104 Å². The van der Waals surface area contributed by atoms with Gasteiger partial charge in [-0.3, -0.25) is 4.98 Å². The fourth-order valence-corrected chi connectivity index (χ4v) is 2.02. The highest BCUT2D eigenvalue weighted by molar-refractivity contribution is 5.63. The molecule has 1 nitrogen and oxygen atoms in total. The van der Waals surface area contributed by atoms with Crippen LogP contribution in [0, 0.1) is 5.41 Å². The molecule has 0 aliphatic carbocycles. The van der Waals surface area contributed by atoms with E-state index in [1.165, 1.54) is 11.1 Å². The Kier molecular flexibility index (Phi) is 3.28. The molecule has 88 valence electrons. The number of pyridine rings is 1. The van der Waals surface area contributed by atoms with E-state index >= 15 is 0 Å². The van der Waals surface area contributed by atoms with E-state index in [0.717, 1.165) is 12.1 Å². The van der Waals surface area contributed by atoms with Crippen LogP contribution < -0.4 is 0 Å². The first-order valence-electron chi connectivity index (χ1n) is 6.05. The third kappa shape index (κ3) is 3.16. The summed E-state index contributed by atoms with van der Waals surface area (Å²) in [6.07, 6.45) is 2.92. The molecule has 0 radical (unpaired) electrons. The van der Waals surface area contributed by atoms with Crippen molar-refractivity contribution in [2.45, 2.75) is 27.2 Å². The van der Waals surface area contributed by atoms with Crippen molar-refractivity contribution in [3.8, 4) is 11.3 Å². The molecule has 17 heavy (non-hydrogen) atoms. The molecule has 0 aliphatic rings. The van der Waals surface area contributed by atoms with Crippen molar-refractivity contribution < 1.29 is 0 Å². The summed E-state index contributed by atoms with van der Waals surface area (Å²) < 4.78 is 0. The summed E-state index contributed by atoms with van der Waals surface area (Å²) in [4.78, 5) is 4.44. The molecule has 1 heteroatoms. The predicted octanol–water partition coefficient (Wildman–Crippen LogP) is 4.34. The number of nitrogens with zero attached hydrogens (tertiary/aromatic N) is 1. The summed E-state index contributed by atoms with van der Waals surface area (Å²) >= 11 is 0. The molecular weight excluding hydrogens is 206 g/mol. The maximum absolute atomic E-state index is 4.44. The molecule has 1 aromatic heterocycles. The number of rotatable bonds is 2. The van der Waals surface area contributed by atoms with E-state index in [0.29, 0.717) is 5.41 Å². The highest BCUT2D eigenvalue weighted by atomic mass is 14.7. The zero-order chi connectivity index (χ0) is 12.3. The van der Waals surface area contributed by atoms with E-state index in [1.807, 2.05) is 18.3 Å². The second-order valence-corrected chi connectivity index (χ2v) is 5.61. The Morgan fingerprint density at radius 1 is 0.941 bits per heavy atom. The third-order valence-corrected chi connectivity index (χ3v) is 2.68. The number of benzene rings is 1. The molecule has 0 spiro atoms.